The van der Waals surface area contributed by atoms with E-state index in [0.717, 1.165) is 23.5 Å². The van der Waals surface area contributed by atoms with E-state index in [1.165, 1.54) is 22.5 Å². The van der Waals surface area contributed by atoms with Crippen molar-refractivity contribution in [2.45, 2.75) is 23.4 Å². The standard InChI is InChI=1S/C17H16BrF3N2O4S2/c18-14-7-8-15(28-14)29(25,26)23-9-1-2-11(10-23)16(24)22-12-3-5-13(6-4-12)27-17(19,20)21/h3-8,11H,1-2,9-10H2,(H,22,24)/t11-/m1/s1. The third kappa shape index (κ3) is 5.71. The van der Waals surface area contributed by atoms with Gasteiger partial charge in [0.2, 0.25) is 5.91 Å². The number of thiophene rings is 1. The van der Waals surface area contributed by atoms with Gasteiger partial charge in [-0.15, -0.1) is 24.5 Å². The lowest BCUT2D eigenvalue weighted by Gasteiger charge is -2.30. The molecule has 0 bridgehead atoms. The van der Waals surface area contributed by atoms with Crippen molar-refractivity contribution in [1.29, 1.82) is 0 Å². The fourth-order valence-corrected chi connectivity index (χ4v) is 6.61. The molecule has 1 fully saturated rings. The van der Waals surface area contributed by atoms with E-state index in [2.05, 4.69) is 26.0 Å². The summed E-state index contributed by atoms with van der Waals surface area (Å²) in [6.07, 6.45) is -3.75. The minimum Gasteiger partial charge on any atom is -0.406 e. The number of rotatable bonds is 5. The summed E-state index contributed by atoms with van der Waals surface area (Å²) in [7, 11) is -3.68. The van der Waals surface area contributed by atoms with Crippen LogP contribution in [0.25, 0.3) is 0 Å². The van der Waals surface area contributed by atoms with E-state index in [-0.39, 0.29) is 16.7 Å². The number of sulfonamides is 1. The molecule has 12 heteroatoms. The van der Waals surface area contributed by atoms with Crippen molar-refractivity contribution in [3.05, 3.63) is 40.2 Å². The zero-order valence-electron chi connectivity index (χ0n) is 14.8. The van der Waals surface area contributed by atoms with Crippen LogP contribution >= 0.6 is 27.3 Å². The Kier molecular flexibility index (Phi) is 6.56. The first-order valence-electron chi connectivity index (χ1n) is 8.47. The Morgan fingerprint density at radius 3 is 2.48 bits per heavy atom. The number of piperidine rings is 1. The Bertz CT molecular complexity index is 977. The summed E-state index contributed by atoms with van der Waals surface area (Å²) in [5.41, 5.74) is 0.298. The molecule has 1 N–H and O–H groups in total. The van der Waals surface area contributed by atoms with Gasteiger partial charge in [-0.3, -0.25) is 4.79 Å². The molecule has 1 aliphatic heterocycles. The molecule has 1 atom stereocenters. The fourth-order valence-electron chi connectivity index (χ4n) is 2.92. The summed E-state index contributed by atoms with van der Waals surface area (Å²) in [6.45, 7) is 0.365. The number of nitrogens with zero attached hydrogens (tertiary/aromatic N) is 1. The molecule has 0 spiro atoms. The van der Waals surface area contributed by atoms with Crippen LogP contribution in [0.1, 0.15) is 12.8 Å². The first kappa shape index (κ1) is 22.1. The average Bonchev–Trinajstić information content (AvgIpc) is 3.09. The summed E-state index contributed by atoms with van der Waals surface area (Å²) in [5, 5.41) is 2.62. The van der Waals surface area contributed by atoms with Crippen LogP contribution in [0, 0.1) is 5.92 Å². The predicted molar refractivity (Wildman–Crippen MR) is 105 cm³/mol. The summed E-state index contributed by atoms with van der Waals surface area (Å²) in [4.78, 5) is 12.5. The normalized spacial score (nSPS) is 18.4. The molecule has 158 valence electrons. The third-order valence-corrected chi connectivity index (χ3v) is 8.21. The lowest BCUT2D eigenvalue weighted by atomic mass is 9.99. The molecule has 29 heavy (non-hydrogen) atoms. The highest BCUT2D eigenvalue weighted by atomic mass is 79.9. The second kappa shape index (κ2) is 8.62. The maximum Gasteiger partial charge on any atom is 0.573 e. The van der Waals surface area contributed by atoms with Crippen LogP contribution in [0.2, 0.25) is 0 Å². The van der Waals surface area contributed by atoms with E-state index in [0.29, 0.717) is 28.9 Å². The van der Waals surface area contributed by atoms with Gasteiger partial charge in [0.1, 0.15) is 9.96 Å². The largest absolute Gasteiger partial charge is 0.573 e. The number of hydrogen-bond acceptors (Lipinski definition) is 5. The maximum absolute atomic E-state index is 12.8. The molecule has 1 saturated heterocycles. The highest BCUT2D eigenvalue weighted by molar-refractivity contribution is 9.11. The van der Waals surface area contributed by atoms with Crippen LogP contribution in [0.3, 0.4) is 0 Å². The molecule has 0 saturated carbocycles. The van der Waals surface area contributed by atoms with Crippen LogP contribution in [-0.4, -0.2) is 38.1 Å². The van der Waals surface area contributed by atoms with Gasteiger partial charge < -0.3 is 10.1 Å². The van der Waals surface area contributed by atoms with E-state index in [1.807, 2.05) is 0 Å². The number of anilines is 1. The lowest BCUT2D eigenvalue weighted by Crippen LogP contribution is -2.43. The molecular weight excluding hydrogens is 497 g/mol. The highest BCUT2D eigenvalue weighted by Gasteiger charge is 2.34. The van der Waals surface area contributed by atoms with Gasteiger partial charge in [-0.05, 0) is 65.2 Å². The number of amides is 1. The van der Waals surface area contributed by atoms with Gasteiger partial charge in [-0.2, -0.15) is 4.31 Å². The van der Waals surface area contributed by atoms with Crippen LogP contribution in [0.4, 0.5) is 18.9 Å². The molecule has 1 amide bonds. The van der Waals surface area contributed by atoms with Crippen molar-refractivity contribution < 1.29 is 31.1 Å². The van der Waals surface area contributed by atoms with Crippen molar-refractivity contribution in [1.82, 2.24) is 4.31 Å². The first-order valence-corrected chi connectivity index (χ1v) is 11.5. The van der Waals surface area contributed by atoms with E-state index >= 15 is 0 Å². The quantitative estimate of drug-likeness (QED) is 0.642. The molecule has 0 unspecified atom stereocenters. The van der Waals surface area contributed by atoms with Crippen molar-refractivity contribution in [2.24, 2.45) is 5.92 Å². The Morgan fingerprint density at radius 2 is 1.90 bits per heavy atom. The van der Waals surface area contributed by atoms with Crippen LogP contribution < -0.4 is 10.1 Å². The fraction of sp³-hybridized carbons (Fsp3) is 0.353. The zero-order chi connectivity index (χ0) is 21.2. The maximum atomic E-state index is 12.8. The number of carbonyl (C=O) groups is 1. The van der Waals surface area contributed by atoms with E-state index in [1.54, 1.807) is 6.07 Å². The summed E-state index contributed by atoms with van der Waals surface area (Å²) in [5.74, 6) is -1.35. The van der Waals surface area contributed by atoms with Gasteiger partial charge in [0.15, 0.2) is 0 Å². The number of hydrogen-bond donors (Lipinski definition) is 1. The molecule has 6 nitrogen and oxygen atoms in total. The molecule has 1 aliphatic rings. The molecule has 2 heterocycles. The molecule has 3 rings (SSSR count). The average molecular weight is 513 g/mol. The second-order valence-corrected chi connectivity index (χ2v) is 10.9. The monoisotopic (exact) mass is 512 g/mol. The molecular formula is C17H16BrF3N2O4S2. The zero-order valence-corrected chi connectivity index (χ0v) is 18.0. The molecule has 2 aromatic rings. The van der Waals surface area contributed by atoms with Crippen LogP contribution in [-0.2, 0) is 14.8 Å². The lowest BCUT2D eigenvalue weighted by molar-refractivity contribution is -0.274. The number of nitrogens with one attached hydrogen (secondary N) is 1. The molecule has 1 aromatic heterocycles. The van der Waals surface area contributed by atoms with Crippen LogP contribution in [0.15, 0.2) is 44.4 Å². The van der Waals surface area contributed by atoms with Crippen molar-refractivity contribution in [3.63, 3.8) is 0 Å². The molecule has 1 aromatic carbocycles. The summed E-state index contributed by atoms with van der Waals surface area (Å²) >= 11 is 4.34. The Balaban J connectivity index is 1.64. The Hall–Kier alpha value is -1.63. The van der Waals surface area contributed by atoms with Gasteiger partial charge in [0, 0.05) is 18.8 Å². The van der Waals surface area contributed by atoms with Crippen molar-refractivity contribution in [3.8, 4) is 5.75 Å². The third-order valence-electron chi connectivity index (χ3n) is 4.25. The second-order valence-electron chi connectivity index (χ2n) is 6.32. The summed E-state index contributed by atoms with van der Waals surface area (Å²) in [6, 6.07) is 7.93. The van der Waals surface area contributed by atoms with Gasteiger partial charge in [-0.25, -0.2) is 8.42 Å². The molecule has 0 radical (unpaired) electrons. The SMILES string of the molecule is O=C(Nc1ccc(OC(F)(F)F)cc1)[C@@H]1CCCN(S(=O)(=O)c2ccc(Br)s2)C1. The smallest absolute Gasteiger partial charge is 0.406 e. The number of ether oxygens (including phenoxy) is 1. The number of halogens is 4. The number of carbonyl (C=O) groups excluding carboxylic acids is 1. The Labute approximate surface area is 177 Å². The van der Waals surface area contributed by atoms with E-state index in [4.69, 9.17) is 0 Å². The highest BCUT2D eigenvalue weighted by Crippen LogP contribution is 2.31. The van der Waals surface area contributed by atoms with Crippen LogP contribution in [0.5, 0.6) is 5.75 Å². The van der Waals surface area contributed by atoms with E-state index in [9.17, 15) is 26.4 Å². The van der Waals surface area contributed by atoms with Gasteiger partial charge >= 0.3 is 6.36 Å². The topological polar surface area (TPSA) is 75.7 Å². The Morgan fingerprint density at radius 1 is 1.21 bits per heavy atom. The van der Waals surface area contributed by atoms with E-state index < -0.39 is 28.1 Å². The first-order chi connectivity index (χ1) is 13.5. The van der Waals surface area contributed by atoms with Crippen molar-refractivity contribution >= 4 is 48.9 Å². The minimum absolute atomic E-state index is 0.0406. The minimum atomic E-state index is -4.79. The van der Waals surface area contributed by atoms with Gasteiger partial charge in [0.25, 0.3) is 10.0 Å². The number of alkyl halides is 3. The number of benzene rings is 1. The van der Waals surface area contributed by atoms with Gasteiger partial charge in [-0.1, -0.05) is 0 Å². The van der Waals surface area contributed by atoms with Crippen molar-refractivity contribution in [2.75, 3.05) is 18.4 Å². The summed E-state index contributed by atoms with van der Waals surface area (Å²) < 4.78 is 68.1. The van der Waals surface area contributed by atoms with Gasteiger partial charge in [0.05, 0.1) is 9.70 Å². The predicted octanol–water partition coefficient (Wildman–Crippen LogP) is 4.45. The molecule has 0 aliphatic carbocycles.